The number of ether oxygens (including phenoxy) is 1. The molecule has 2 fully saturated rings. The number of alkyl halides is 3. The summed E-state index contributed by atoms with van der Waals surface area (Å²) in [6, 6.07) is 1.72. The second-order valence-electron chi connectivity index (χ2n) is 7.00. The third kappa shape index (κ3) is 5.24. The molecule has 1 atom stereocenters. The zero-order chi connectivity index (χ0) is 21.2. The van der Waals surface area contributed by atoms with Crippen LogP contribution in [0.25, 0.3) is 0 Å². The molecule has 29 heavy (non-hydrogen) atoms. The Hall–Kier alpha value is -2.66. The Morgan fingerprint density at radius 1 is 1.31 bits per heavy atom. The number of nitrogens with two attached hydrogens (primary N) is 1. The lowest BCUT2D eigenvalue weighted by Gasteiger charge is -2.29. The number of nitrogens with zero attached hydrogens (tertiary/aromatic N) is 1. The minimum atomic E-state index is -4.76. The van der Waals surface area contributed by atoms with Crippen molar-refractivity contribution in [2.75, 3.05) is 36.5 Å². The second-order valence-corrected chi connectivity index (χ2v) is 7.00. The molecule has 0 radical (unpaired) electrons. The van der Waals surface area contributed by atoms with E-state index in [4.69, 9.17) is 10.5 Å². The molecule has 0 aromatic heterocycles. The first-order valence-electron chi connectivity index (χ1n) is 9.09. The predicted octanol–water partition coefficient (Wildman–Crippen LogP) is 0.861. The van der Waals surface area contributed by atoms with E-state index in [1.807, 2.05) is 0 Å². The Morgan fingerprint density at radius 2 is 2.03 bits per heavy atom. The first kappa shape index (κ1) is 21.1. The highest BCUT2D eigenvalue weighted by Gasteiger charge is 2.37. The second kappa shape index (κ2) is 8.37. The molecular weight excluding hydrogens is 393 g/mol. The Kier molecular flexibility index (Phi) is 6.08. The van der Waals surface area contributed by atoms with Gasteiger partial charge in [0, 0.05) is 12.2 Å². The van der Waals surface area contributed by atoms with Gasteiger partial charge in [-0.15, -0.1) is 0 Å². The number of hydrogen-bond acceptors (Lipinski definition) is 5. The number of primary amides is 1. The number of carbonyl (C=O) groups is 3. The molecule has 3 rings (SSSR count). The van der Waals surface area contributed by atoms with E-state index in [2.05, 4.69) is 10.6 Å². The Labute approximate surface area is 164 Å². The van der Waals surface area contributed by atoms with Crippen molar-refractivity contribution in [3.8, 4) is 0 Å². The largest absolute Gasteiger partial charge is 0.418 e. The highest BCUT2D eigenvalue weighted by molar-refractivity contribution is 6.09. The van der Waals surface area contributed by atoms with Crippen molar-refractivity contribution in [3.63, 3.8) is 0 Å². The number of anilines is 2. The van der Waals surface area contributed by atoms with E-state index in [0.29, 0.717) is 12.5 Å². The molecule has 1 saturated carbocycles. The molecule has 1 aliphatic carbocycles. The molecule has 0 unspecified atom stereocenters. The molecule has 1 heterocycles. The van der Waals surface area contributed by atoms with Crippen LogP contribution in [-0.4, -0.2) is 50.1 Å². The van der Waals surface area contributed by atoms with E-state index in [9.17, 15) is 27.6 Å². The molecular formula is C18H21F3N4O4. The van der Waals surface area contributed by atoms with Gasteiger partial charge in [0.05, 0.1) is 17.9 Å². The summed E-state index contributed by atoms with van der Waals surface area (Å²) < 4.78 is 45.7. The zero-order valence-corrected chi connectivity index (χ0v) is 15.4. The van der Waals surface area contributed by atoms with Crippen LogP contribution in [0.4, 0.5) is 24.5 Å². The molecule has 0 spiro atoms. The molecule has 1 aromatic carbocycles. The van der Waals surface area contributed by atoms with Crippen molar-refractivity contribution >= 4 is 29.1 Å². The molecule has 3 amide bonds. The Morgan fingerprint density at radius 3 is 2.62 bits per heavy atom. The number of nitrogens with one attached hydrogen (secondary N) is 2. The SMILES string of the molecule is NC(=O)[C@@H](NCC1CC1)C(=O)Nc1ccc(N2CCOCC2=O)c(C(F)(F)F)c1. The summed E-state index contributed by atoms with van der Waals surface area (Å²) in [5.41, 5.74) is 3.68. The van der Waals surface area contributed by atoms with Crippen LogP contribution in [0, 0.1) is 5.92 Å². The highest BCUT2D eigenvalue weighted by Crippen LogP contribution is 2.38. The summed E-state index contributed by atoms with van der Waals surface area (Å²) in [4.78, 5) is 36.8. The van der Waals surface area contributed by atoms with Crippen LogP contribution in [-0.2, 0) is 25.3 Å². The third-order valence-electron chi connectivity index (χ3n) is 4.70. The van der Waals surface area contributed by atoms with E-state index in [1.54, 1.807) is 0 Å². The number of rotatable bonds is 7. The first-order chi connectivity index (χ1) is 13.7. The fourth-order valence-electron chi connectivity index (χ4n) is 2.99. The van der Waals surface area contributed by atoms with Gasteiger partial charge < -0.3 is 20.7 Å². The standard InChI is InChI=1S/C18H21F3N4O4/c19-18(20,21)12-7-11(3-4-13(12)25-5-6-29-9-14(25)26)24-17(28)15(16(22)27)23-8-10-1-2-10/h3-4,7,10,15,23H,1-2,5-6,8-9H2,(H2,22,27)(H,24,28)/t15-/m1/s1. The van der Waals surface area contributed by atoms with Crippen molar-refractivity contribution in [2.45, 2.75) is 25.1 Å². The van der Waals surface area contributed by atoms with Gasteiger partial charge in [0.15, 0.2) is 6.04 Å². The van der Waals surface area contributed by atoms with Crippen molar-refractivity contribution in [1.29, 1.82) is 0 Å². The maximum atomic E-state index is 13.6. The monoisotopic (exact) mass is 414 g/mol. The number of morpholine rings is 1. The lowest BCUT2D eigenvalue weighted by atomic mass is 10.1. The average Bonchev–Trinajstić information content (AvgIpc) is 3.46. The van der Waals surface area contributed by atoms with Crippen molar-refractivity contribution < 1.29 is 32.3 Å². The van der Waals surface area contributed by atoms with Gasteiger partial charge in [0.2, 0.25) is 5.91 Å². The first-order valence-corrected chi connectivity index (χ1v) is 9.09. The topological polar surface area (TPSA) is 114 Å². The third-order valence-corrected chi connectivity index (χ3v) is 4.70. The van der Waals surface area contributed by atoms with Crippen LogP contribution in [0.2, 0.25) is 0 Å². The van der Waals surface area contributed by atoms with Gasteiger partial charge in [-0.05, 0) is 43.5 Å². The van der Waals surface area contributed by atoms with Crippen LogP contribution < -0.4 is 21.3 Å². The maximum absolute atomic E-state index is 13.6. The molecule has 11 heteroatoms. The summed E-state index contributed by atoms with van der Waals surface area (Å²) in [6.07, 6.45) is -2.80. The van der Waals surface area contributed by atoms with Crippen LogP contribution in [0.3, 0.4) is 0 Å². The number of hydrogen-bond donors (Lipinski definition) is 3. The van der Waals surface area contributed by atoms with Crippen molar-refractivity contribution in [2.24, 2.45) is 11.7 Å². The number of carbonyl (C=O) groups excluding carboxylic acids is 3. The number of benzene rings is 1. The molecule has 8 nitrogen and oxygen atoms in total. The molecule has 158 valence electrons. The van der Waals surface area contributed by atoms with E-state index in [1.165, 1.54) is 6.07 Å². The van der Waals surface area contributed by atoms with Gasteiger partial charge in [-0.2, -0.15) is 13.2 Å². The van der Waals surface area contributed by atoms with Crippen molar-refractivity contribution in [3.05, 3.63) is 23.8 Å². The van der Waals surface area contributed by atoms with E-state index in [-0.39, 0.29) is 31.1 Å². The van der Waals surface area contributed by atoms with E-state index >= 15 is 0 Å². The minimum Gasteiger partial charge on any atom is -0.370 e. The lowest BCUT2D eigenvalue weighted by Crippen LogP contribution is -2.50. The van der Waals surface area contributed by atoms with Gasteiger partial charge in [0.1, 0.15) is 6.61 Å². The number of amides is 3. The smallest absolute Gasteiger partial charge is 0.370 e. The van der Waals surface area contributed by atoms with Gasteiger partial charge in [-0.1, -0.05) is 0 Å². The fourth-order valence-corrected chi connectivity index (χ4v) is 2.99. The predicted molar refractivity (Wildman–Crippen MR) is 97.0 cm³/mol. The highest BCUT2D eigenvalue weighted by atomic mass is 19.4. The number of halogens is 3. The summed E-state index contributed by atoms with van der Waals surface area (Å²) in [5, 5.41) is 5.03. The Balaban J connectivity index is 1.81. The molecule has 1 saturated heterocycles. The van der Waals surface area contributed by atoms with Crippen LogP contribution >= 0.6 is 0 Å². The normalized spacial score (nSPS) is 18.4. The maximum Gasteiger partial charge on any atom is 0.418 e. The van der Waals surface area contributed by atoms with Crippen LogP contribution in [0.5, 0.6) is 0 Å². The summed E-state index contributed by atoms with van der Waals surface area (Å²) in [5.74, 6) is -1.99. The zero-order valence-electron chi connectivity index (χ0n) is 15.4. The molecule has 2 aliphatic rings. The lowest BCUT2D eigenvalue weighted by molar-refractivity contribution is -0.137. The summed E-state index contributed by atoms with van der Waals surface area (Å²) >= 11 is 0. The van der Waals surface area contributed by atoms with Gasteiger partial charge in [-0.3, -0.25) is 19.7 Å². The average molecular weight is 414 g/mol. The summed E-state index contributed by atoms with van der Waals surface area (Å²) in [7, 11) is 0. The fraction of sp³-hybridized carbons (Fsp3) is 0.500. The minimum absolute atomic E-state index is 0.0115. The van der Waals surface area contributed by atoms with Gasteiger partial charge in [0.25, 0.3) is 11.8 Å². The van der Waals surface area contributed by atoms with Crippen LogP contribution in [0.1, 0.15) is 18.4 Å². The van der Waals surface area contributed by atoms with Gasteiger partial charge >= 0.3 is 6.18 Å². The molecule has 4 N–H and O–H groups in total. The Bertz CT molecular complexity index is 811. The molecule has 1 aliphatic heterocycles. The quantitative estimate of drug-likeness (QED) is 0.573. The van der Waals surface area contributed by atoms with Crippen LogP contribution in [0.15, 0.2) is 18.2 Å². The molecule has 1 aromatic rings. The van der Waals surface area contributed by atoms with Gasteiger partial charge in [-0.25, -0.2) is 0 Å². The summed E-state index contributed by atoms with van der Waals surface area (Å²) in [6.45, 7) is 0.229. The van der Waals surface area contributed by atoms with E-state index in [0.717, 1.165) is 29.9 Å². The molecule has 0 bridgehead atoms. The van der Waals surface area contributed by atoms with E-state index < -0.39 is 35.5 Å². The van der Waals surface area contributed by atoms with Crippen molar-refractivity contribution in [1.82, 2.24) is 5.32 Å².